The minimum atomic E-state index is 0.797. The van der Waals surface area contributed by atoms with Crippen LogP contribution in [0.3, 0.4) is 0 Å². The first-order valence-corrected chi connectivity index (χ1v) is 7.63. The van der Waals surface area contributed by atoms with E-state index in [4.69, 9.17) is 0 Å². The zero-order chi connectivity index (χ0) is 12.4. The van der Waals surface area contributed by atoms with E-state index in [1.807, 2.05) is 0 Å². The van der Waals surface area contributed by atoms with Gasteiger partial charge in [-0.2, -0.15) is 0 Å². The lowest BCUT2D eigenvalue weighted by molar-refractivity contribution is 0.294. The fourth-order valence-corrected chi connectivity index (χ4v) is 3.47. The van der Waals surface area contributed by atoms with Gasteiger partial charge in [0.05, 0.1) is 0 Å². The van der Waals surface area contributed by atoms with Crippen molar-refractivity contribution in [3.05, 3.63) is 35.4 Å². The molecule has 0 aromatic heterocycles. The predicted molar refractivity (Wildman–Crippen MR) is 76.9 cm³/mol. The first-order valence-electron chi connectivity index (χ1n) is 7.63. The van der Waals surface area contributed by atoms with Crippen LogP contribution >= 0.6 is 0 Å². The SMILES string of the molecule is Cc1ccccc1C1CCCCC1CNC1CC1. The Bertz CT molecular complexity index is 394. The Morgan fingerprint density at radius 1 is 1.06 bits per heavy atom. The van der Waals surface area contributed by atoms with Gasteiger partial charge in [-0.05, 0) is 62.1 Å². The highest BCUT2D eigenvalue weighted by Gasteiger charge is 2.29. The molecule has 0 heterocycles. The van der Waals surface area contributed by atoms with Crippen LogP contribution in [0.25, 0.3) is 0 Å². The smallest absolute Gasteiger partial charge is 0.00683 e. The minimum absolute atomic E-state index is 0.797. The summed E-state index contributed by atoms with van der Waals surface area (Å²) in [5, 5.41) is 3.75. The van der Waals surface area contributed by atoms with E-state index in [0.717, 1.165) is 17.9 Å². The van der Waals surface area contributed by atoms with Crippen LogP contribution in [0, 0.1) is 12.8 Å². The fraction of sp³-hybridized carbons (Fsp3) is 0.647. The van der Waals surface area contributed by atoms with Gasteiger partial charge in [0.25, 0.3) is 0 Å². The summed E-state index contributed by atoms with van der Waals surface area (Å²) in [6, 6.07) is 9.86. The average molecular weight is 243 g/mol. The third-order valence-electron chi connectivity index (χ3n) is 4.74. The van der Waals surface area contributed by atoms with Crippen molar-refractivity contribution in [1.29, 1.82) is 0 Å². The van der Waals surface area contributed by atoms with E-state index in [9.17, 15) is 0 Å². The second-order valence-corrected chi connectivity index (χ2v) is 6.19. The molecule has 98 valence electrons. The number of hydrogen-bond acceptors (Lipinski definition) is 1. The topological polar surface area (TPSA) is 12.0 Å². The van der Waals surface area contributed by atoms with Crippen LogP contribution in [-0.4, -0.2) is 12.6 Å². The van der Waals surface area contributed by atoms with Crippen molar-refractivity contribution >= 4 is 0 Å². The molecule has 0 amide bonds. The van der Waals surface area contributed by atoms with Crippen molar-refractivity contribution < 1.29 is 0 Å². The molecule has 1 heteroatoms. The Morgan fingerprint density at radius 2 is 1.83 bits per heavy atom. The maximum Gasteiger partial charge on any atom is 0.00683 e. The highest BCUT2D eigenvalue weighted by Crippen LogP contribution is 2.39. The highest BCUT2D eigenvalue weighted by molar-refractivity contribution is 5.30. The standard InChI is InChI=1S/C17H25N/c1-13-6-2-4-8-16(13)17-9-5-3-7-14(17)12-18-15-10-11-15/h2,4,6,8,14-15,17-18H,3,5,7,9-12H2,1H3. The fourth-order valence-electron chi connectivity index (χ4n) is 3.47. The molecule has 2 aliphatic rings. The molecule has 0 aliphatic heterocycles. The molecular formula is C17H25N. The molecule has 3 rings (SSSR count). The van der Waals surface area contributed by atoms with Crippen LogP contribution in [0.4, 0.5) is 0 Å². The number of rotatable bonds is 4. The van der Waals surface area contributed by atoms with Gasteiger partial charge in [-0.25, -0.2) is 0 Å². The molecule has 2 aliphatic carbocycles. The first-order chi connectivity index (χ1) is 8.84. The van der Waals surface area contributed by atoms with E-state index in [0.29, 0.717) is 0 Å². The molecule has 1 aromatic rings. The normalized spacial score (nSPS) is 28.3. The molecule has 2 fully saturated rings. The molecule has 0 bridgehead atoms. The molecule has 2 saturated carbocycles. The number of nitrogens with one attached hydrogen (secondary N) is 1. The highest BCUT2D eigenvalue weighted by atomic mass is 14.9. The number of aryl methyl sites for hydroxylation is 1. The summed E-state index contributed by atoms with van der Waals surface area (Å²) < 4.78 is 0. The lowest BCUT2D eigenvalue weighted by Gasteiger charge is -2.33. The van der Waals surface area contributed by atoms with E-state index in [-0.39, 0.29) is 0 Å². The van der Waals surface area contributed by atoms with Crippen molar-refractivity contribution in [3.8, 4) is 0 Å². The van der Waals surface area contributed by atoms with Gasteiger partial charge in [-0.3, -0.25) is 0 Å². The molecule has 2 unspecified atom stereocenters. The van der Waals surface area contributed by atoms with Gasteiger partial charge in [0, 0.05) is 6.04 Å². The average Bonchev–Trinajstić information content (AvgIpc) is 3.22. The van der Waals surface area contributed by atoms with Crippen molar-refractivity contribution in [2.45, 2.75) is 57.4 Å². The van der Waals surface area contributed by atoms with Crippen molar-refractivity contribution in [1.82, 2.24) is 5.32 Å². The first kappa shape index (κ1) is 12.2. The van der Waals surface area contributed by atoms with Gasteiger partial charge < -0.3 is 5.32 Å². The van der Waals surface area contributed by atoms with Crippen molar-refractivity contribution in [3.63, 3.8) is 0 Å². The summed E-state index contributed by atoms with van der Waals surface area (Å²) in [5.74, 6) is 1.66. The van der Waals surface area contributed by atoms with Gasteiger partial charge in [0.1, 0.15) is 0 Å². The minimum Gasteiger partial charge on any atom is -0.314 e. The lowest BCUT2D eigenvalue weighted by atomic mass is 9.74. The summed E-state index contributed by atoms with van der Waals surface area (Å²) in [6.07, 6.45) is 8.46. The molecule has 1 nitrogen and oxygen atoms in total. The van der Waals surface area contributed by atoms with Gasteiger partial charge in [-0.1, -0.05) is 37.1 Å². The van der Waals surface area contributed by atoms with Crippen LogP contribution in [0.5, 0.6) is 0 Å². The Labute approximate surface area is 111 Å². The Balaban J connectivity index is 1.71. The molecule has 18 heavy (non-hydrogen) atoms. The van der Waals surface area contributed by atoms with Crippen LogP contribution in [-0.2, 0) is 0 Å². The second kappa shape index (κ2) is 5.44. The van der Waals surface area contributed by atoms with Crippen LogP contribution in [0.2, 0.25) is 0 Å². The molecule has 0 spiro atoms. The largest absolute Gasteiger partial charge is 0.314 e. The van der Waals surface area contributed by atoms with Crippen molar-refractivity contribution in [2.75, 3.05) is 6.54 Å². The van der Waals surface area contributed by atoms with E-state index in [1.54, 1.807) is 5.56 Å². The maximum absolute atomic E-state index is 3.75. The lowest BCUT2D eigenvalue weighted by Crippen LogP contribution is -2.31. The Kier molecular flexibility index (Phi) is 3.69. The maximum atomic E-state index is 3.75. The van der Waals surface area contributed by atoms with Crippen LogP contribution in [0.1, 0.15) is 55.6 Å². The zero-order valence-electron chi connectivity index (χ0n) is 11.5. The molecule has 0 saturated heterocycles. The predicted octanol–water partition coefficient (Wildman–Crippen LogP) is 4.02. The molecular weight excluding hydrogens is 218 g/mol. The summed E-state index contributed by atoms with van der Waals surface area (Å²) in [5.41, 5.74) is 3.10. The molecule has 1 aromatic carbocycles. The van der Waals surface area contributed by atoms with Gasteiger partial charge in [-0.15, -0.1) is 0 Å². The monoisotopic (exact) mass is 243 g/mol. The molecule has 2 atom stereocenters. The van der Waals surface area contributed by atoms with Crippen molar-refractivity contribution in [2.24, 2.45) is 5.92 Å². The van der Waals surface area contributed by atoms with Gasteiger partial charge in [0.2, 0.25) is 0 Å². The quantitative estimate of drug-likeness (QED) is 0.842. The summed E-state index contributed by atoms with van der Waals surface area (Å²) in [4.78, 5) is 0. The third-order valence-corrected chi connectivity index (χ3v) is 4.74. The van der Waals surface area contributed by atoms with Crippen LogP contribution < -0.4 is 5.32 Å². The zero-order valence-corrected chi connectivity index (χ0v) is 11.5. The van der Waals surface area contributed by atoms with E-state index in [2.05, 4.69) is 36.5 Å². The summed E-state index contributed by atoms with van der Waals surface area (Å²) in [6.45, 7) is 3.51. The van der Waals surface area contributed by atoms with E-state index < -0.39 is 0 Å². The van der Waals surface area contributed by atoms with Gasteiger partial charge >= 0.3 is 0 Å². The number of hydrogen-bond donors (Lipinski definition) is 1. The third kappa shape index (κ3) is 2.77. The molecule has 1 N–H and O–H groups in total. The summed E-state index contributed by atoms with van der Waals surface area (Å²) in [7, 11) is 0. The Hall–Kier alpha value is -0.820. The van der Waals surface area contributed by atoms with Gasteiger partial charge in [0.15, 0.2) is 0 Å². The van der Waals surface area contributed by atoms with E-state index in [1.165, 1.54) is 50.6 Å². The molecule has 0 radical (unpaired) electrons. The second-order valence-electron chi connectivity index (χ2n) is 6.19. The Morgan fingerprint density at radius 3 is 2.61 bits per heavy atom. The van der Waals surface area contributed by atoms with E-state index >= 15 is 0 Å². The van der Waals surface area contributed by atoms with Crippen LogP contribution in [0.15, 0.2) is 24.3 Å². The number of benzene rings is 1. The summed E-state index contributed by atoms with van der Waals surface area (Å²) >= 11 is 0.